The fourth-order valence-corrected chi connectivity index (χ4v) is 3.51. The Labute approximate surface area is 125 Å². The Morgan fingerprint density at radius 3 is 2.67 bits per heavy atom. The molecule has 0 radical (unpaired) electrons. The van der Waals surface area contributed by atoms with Gasteiger partial charge in [0.2, 0.25) is 0 Å². The molecule has 1 N–H and O–H groups in total. The van der Waals surface area contributed by atoms with Crippen molar-refractivity contribution in [3.05, 3.63) is 44.0 Å². The number of rotatable bonds is 4. The average molecular weight is 346 g/mol. The molecule has 0 saturated heterocycles. The summed E-state index contributed by atoms with van der Waals surface area (Å²) in [5.41, 5.74) is 2.08. The van der Waals surface area contributed by atoms with Gasteiger partial charge in [0, 0.05) is 25.5 Å². The highest BCUT2D eigenvalue weighted by Crippen LogP contribution is 2.33. The van der Waals surface area contributed by atoms with Gasteiger partial charge < -0.3 is 10.2 Å². The highest BCUT2D eigenvalue weighted by molar-refractivity contribution is 9.11. The quantitative estimate of drug-likeness (QED) is 0.852. The first-order valence-electron chi connectivity index (χ1n) is 5.52. The lowest BCUT2D eigenvalue weighted by Gasteiger charge is -2.19. The van der Waals surface area contributed by atoms with E-state index in [4.69, 9.17) is 11.6 Å². The van der Waals surface area contributed by atoms with Gasteiger partial charge in [0.25, 0.3) is 0 Å². The van der Waals surface area contributed by atoms with Crippen molar-refractivity contribution in [2.75, 3.05) is 24.3 Å². The van der Waals surface area contributed by atoms with Crippen molar-refractivity contribution in [3.8, 4) is 0 Å². The molecule has 18 heavy (non-hydrogen) atoms. The SMILES string of the molecule is CN(C)c1c(Cl)cccc1NCc1ccc(Br)s1. The predicted octanol–water partition coefficient (Wildman–Crippen LogP) is 4.84. The number of hydrogen-bond acceptors (Lipinski definition) is 3. The van der Waals surface area contributed by atoms with Crippen LogP contribution in [0.25, 0.3) is 0 Å². The van der Waals surface area contributed by atoms with E-state index in [0.717, 1.165) is 26.7 Å². The molecule has 2 aromatic rings. The van der Waals surface area contributed by atoms with Crippen molar-refractivity contribution in [1.29, 1.82) is 0 Å². The third-order valence-corrected chi connectivity index (χ3v) is 4.44. The second kappa shape index (κ2) is 5.95. The van der Waals surface area contributed by atoms with E-state index in [1.165, 1.54) is 4.88 Å². The van der Waals surface area contributed by atoms with E-state index < -0.39 is 0 Å². The van der Waals surface area contributed by atoms with Crippen LogP contribution in [0.2, 0.25) is 5.02 Å². The lowest BCUT2D eigenvalue weighted by molar-refractivity contribution is 1.11. The van der Waals surface area contributed by atoms with Crippen LogP contribution in [0.15, 0.2) is 34.1 Å². The summed E-state index contributed by atoms with van der Waals surface area (Å²) < 4.78 is 1.15. The summed E-state index contributed by atoms with van der Waals surface area (Å²) in [6.07, 6.45) is 0. The summed E-state index contributed by atoms with van der Waals surface area (Å²) in [6.45, 7) is 0.803. The third kappa shape index (κ3) is 3.19. The van der Waals surface area contributed by atoms with E-state index in [2.05, 4.69) is 33.4 Å². The number of halogens is 2. The molecule has 96 valence electrons. The first-order valence-corrected chi connectivity index (χ1v) is 7.50. The molecule has 0 fully saturated rings. The zero-order valence-electron chi connectivity index (χ0n) is 10.2. The molecule has 1 aromatic heterocycles. The van der Waals surface area contributed by atoms with Gasteiger partial charge in [-0.25, -0.2) is 0 Å². The van der Waals surface area contributed by atoms with Crippen LogP contribution in [0.4, 0.5) is 11.4 Å². The van der Waals surface area contributed by atoms with Crippen LogP contribution in [0.3, 0.4) is 0 Å². The van der Waals surface area contributed by atoms with Gasteiger partial charge in [0.15, 0.2) is 0 Å². The second-order valence-electron chi connectivity index (χ2n) is 4.09. The summed E-state index contributed by atoms with van der Waals surface area (Å²) in [6, 6.07) is 10.1. The molecular weight excluding hydrogens is 332 g/mol. The van der Waals surface area contributed by atoms with Gasteiger partial charge in [-0.05, 0) is 40.2 Å². The number of para-hydroxylation sites is 1. The van der Waals surface area contributed by atoms with Gasteiger partial charge in [0.1, 0.15) is 0 Å². The van der Waals surface area contributed by atoms with Crippen LogP contribution in [-0.4, -0.2) is 14.1 Å². The van der Waals surface area contributed by atoms with Crippen LogP contribution in [0.1, 0.15) is 4.88 Å². The standard InChI is InChI=1S/C13H14BrClN2S/c1-17(2)13-10(15)4-3-5-11(13)16-8-9-6-7-12(14)18-9/h3-7,16H,8H2,1-2H3. The lowest BCUT2D eigenvalue weighted by Crippen LogP contribution is -2.12. The minimum absolute atomic E-state index is 0.761. The van der Waals surface area contributed by atoms with E-state index in [9.17, 15) is 0 Å². The average Bonchev–Trinajstić information content (AvgIpc) is 2.72. The van der Waals surface area contributed by atoms with Crippen LogP contribution >= 0.6 is 38.9 Å². The van der Waals surface area contributed by atoms with E-state index in [0.29, 0.717) is 0 Å². The number of thiophene rings is 1. The third-order valence-electron chi connectivity index (χ3n) is 2.52. The Bertz CT molecular complexity index is 540. The van der Waals surface area contributed by atoms with E-state index in [1.54, 1.807) is 11.3 Å². The summed E-state index contributed by atoms with van der Waals surface area (Å²) in [5.74, 6) is 0. The van der Waals surface area contributed by atoms with Crippen LogP contribution < -0.4 is 10.2 Å². The normalized spacial score (nSPS) is 10.4. The molecule has 1 aromatic carbocycles. The van der Waals surface area contributed by atoms with Gasteiger partial charge in [-0.3, -0.25) is 0 Å². The van der Waals surface area contributed by atoms with Gasteiger partial charge in [-0.2, -0.15) is 0 Å². The Morgan fingerprint density at radius 2 is 2.06 bits per heavy atom. The minimum atomic E-state index is 0.761. The summed E-state index contributed by atoms with van der Waals surface area (Å²) in [4.78, 5) is 3.31. The molecule has 0 aliphatic heterocycles. The smallest absolute Gasteiger partial charge is 0.0786 e. The highest BCUT2D eigenvalue weighted by Gasteiger charge is 2.08. The minimum Gasteiger partial charge on any atom is -0.378 e. The molecule has 0 spiro atoms. The fraction of sp³-hybridized carbons (Fsp3) is 0.231. The van der Waals surface area contributed by atoms with E-state index in [-0.39, 0.29) is 0 Å². The number of benzene rings is 1. The summed E-state index contributed by atoms with van der Waals surface area (Å²) in [7, 11) is 3.99. The number of nitrogens with one attached hydrogen (secondary N) is 1. The first-order chi connectivity index (χ1) is 8.58. The zero-order valence-corrected chi connectivity index (χ0v) is 13.4. The maximum absolute atomic E-state index is 6.22. The Morgan fingerprint density at radius 1 is 1.28 bits per heavy atom. The molecule has 0 bridgehead atoms. The lowest BCUT2D eigenvalue weighted by atomic mass is 10.2. The van der Waals surface area contributed by atoms with E-state index >= 15 is 0 Å². The second-order valence-corrected chi connectivity index (χ2v) is 7.04. The van der Waals surface area contributed by atoms with Crippen molar-refractivity contribution in [3.63, 3.8) is 0 Å². The van der Waals surface area contributed by atoms with Gasteiger partial charge in [-0.15, -0.1) is 11.3 Å². The molecule has 2 rings (SSSR count). The zero-order chi connectivity index (χ0) is 13.1. The van der Waals surface area contributed by atoms with Crippen molar-refractivity contribution in [1.82, 2.24) is 0 Å². The Hall–Kier alpha value is -0.710. The number of hydrogen-bond donors (Lipinski definition) is 1. The molecule has 0 saturated carbocycles. The largest absolute Gasteiger partial charge is 0.378 e. The number of anilines is 2. The first kappa shape index (κ1) is 13.7. The topological polar surface area (TPSA) is 15.3 Å². The molecule has 1 heterocycles. The predicted molar refractivity (Wildman–Crippen MR) is 85.1 cm³/mol. The fourth-order valence-electron chi connectivity index (χ4n) is 1.74. The Balaban J connectivity index is 2.16. The van der Waals surface area contributed by atoms with Gasteiger partial charge in [0.05, 0.1) is 20.2 Å². The molecule has 2 nitrogen and oxygen atoms in total. The molecule has 5 heteroatoms. The van der Waals surface area contributed by atoms with Crippen molar-refractivity contribution in [2.24, 2.45) is 0 Å². The Kier molecular flexibility index (Phi) is 4.54. The molecule has 0 unspecified atom stereocenters. The van der Waals surface area contributed by atoms with Crippen LogP contribution in [0.5, 0.6) is 0 Å². The van der Waals surface area contributed by atoms with E-state index in [1.807, 2.05) is 37.2 Å². The molecule has 0 aliphatic carbocycles. The summed E-state index contributed by atoms with van der Waals surface area (Å²) in [5, 5.41) is 4.19. The maximum Gasteiger partial charge on any atom is 0.0786 e. The number of nitrogens with zero attached hydrogens (tertiary/aromatic N) is 1. The van der Waals surface area contributed by atoms with Crippen molar-refractivity contribution in [2.45, 2.75) is 6.54 Å². The monoisotopic (exact) mass is 344 g/mol. The van der Waals surface area contributed by atoms with Gasteiger partial charge in [-0.1, -0.05) is 17.7 Å². The maximum atomic E-state index is 6.22. The van der Waals surface area contributed by atoms with Crippen molar-refractivity contribution < 1.29 is 0 Å². The van der Waals surface area contributed by atoms with Crippen LogP contribution in [0, 0.1) is 0 Å². The molecule has 0 atom stereocenters. The molecular formula is C13H14BrClN2S. The highest BCUT2D eigenvalue weighted by atomic mass is 79.9. The van der Waals surface area contributed by atoms with Gasteiger partial charge >= 0.3 is 0 Å². The molecule has 0 aliphatic rings. The van der Waals surface area contributed by atoms with Crippen LogP contribution in [-0.2, 0) is 6.54 Å². The van der Waals surface area contributed by atoms with Crippen molar-refractivity contribution >= 4 is 50.2 Å². The summed E-state index contributed by atoms with van der Waals surface area (Å²) >= 11 is 11.4. The molecule has 0 amide bonds.